The second-order valence-electron chi connectivity index (χ2n) is 6.88. The highest BCUT2D eigenvalue weighted by Crippen LogP contribution is 2.33. The normalized spacial score (nSPS) is 21.0. The zero-order chi connectivity index (χ0) is 17.2. The Hall–Kier alpha value is -2.02. The topological polar surface area (TPSA) is 88.4 Å². The number of nitrogens with one attached hydrogen (secondary N) is 1. The van der Waals surface area contributed by atoms with E-state index in [1.807, 2.05) is 0 Å². The van der Waals surface area contributed by atoms with Gasteiger partial charge in [-0.1, -0.05) is 13.8 Å². The van der Waals surface area contributed by atoms with E-state index in [0.717, 1.165) is 19.4 Å². The molecule has 0 saturated carbocycles. The van der Waals surface area contributed by atoms with Crippen LogP contribution in [0.15, 0.2) is 12.3 Å². The van der Waals surface area contributed by atoms with Gasteiger partial charge in [0.15, 0.2) is 0 Å². The summed E-state index contributed by atoms with van der Waals surface area (Å²) in [7, 11) is 2.07. The Bertz CT molecular complexity index is 615. The summed E-state index contributed by atoms with van der Waals surface area (Å²) in [5.74, 6) is -0.312. The molecule has 126 valence electrons. The molecule has 2 heterocycles. The van der Waals surface area contributed by atoms with E-state index in [4.69, 9.17) is 0 Å². The molecule has 1 amide bonds. The maximum Gasteiger partial charge on any atom is 0.288 e. The maximum absolute atomic E-state index is 12.4. The fraction of sp³-hybridized carbons (Fsp3) is 0.625. The molecule has 1 saturated heterocycles. The van der Waals surface area contributed by atoms with Crippen LogP contribution in [0.4, 0.5) is 5.69 Å². The first-order valence-electron chi connectivity index (χ1n) is 7.82. The summed E-state index contributed by atoms with van der Waals surface area (Å²) < 4.78 is 0. The number of aryl methyl sites for hydroxylation is 1. The zero-order valence-electron chi connectivity index (χ0n) is 14.1. The van der Waals surface area contributed by atoms with Gasteiger partial charge in [0.1, 0.15) is 6.20 Å². The molecule has 1 unspecified atom stereocenters. The van der Waals surface area contributed by atoms with E-state index in [9.17, 15) is 14.9 Å². The fourth-order valence-electron chi connectivity index (χ4n) is 3.27. The first-order chi connectivity index (χ1) is 10.7. The van der Waals surface area contributed by atoms with Crippen molar-refractivity contribution in [3.8, 4) is 0 Å². The van der Waals surface area contributed by atoms with Crippen LogP contribution in [0, 0.1) is 22.5 Å². The molecule has 7 heteroatoms. The van der Waals surface area contributed by atoms with Crippen LogP contribution in [0.5, 0.6) is 0 Å². The Balaban J connectivity index is 2.10. The molecular formula is C16H24N4O3. The number of pyridine rings is 1. The number of amides is 1. The van der Waals surface area contributed by atoms with Gasteiger partial charge in [0.25, 0.3) is 11.6 Å². The molecule has 1 aliphatic rings. The molecule has 23 heavy (non-hydrogen) atoms. The molecule has 1 fully saturated rings. The number of hydrogen-bond acceptors (Lipinski definition) is 5. The highest BCUT2D eigenvalue weighted by atomic mass is 16.6. The Kier molecular flexibility index (Phi) is 4.99. The number of hydrogen-bond donors (Lipinski definition) is 1. The van der Waals surface area contributed by atoms with E-state index in [2.05, 4.69) is 36.1 Å². The summed E-state index contributed by atoms with van der Waals surface area (Å²) in [6.07, 6.45) is 3.45. The smallest absolute Gasteiger partial charge is 0.288 e. The van der Waals surface area contributed by atoms with Crippen LogP contribution >= 0.6 is 0 Å². The molecule has 0 bridgehead atoms. The summed E-state index contributed by atoms with van der Waals surface area (Å²) >= 11 is 0. The van der Waals surface area contributed by atoms with E-state index in [-0.39, 0.29) is 28.6 Å². The first kappa shape index (κ1) is 17.3. The Morgan fingerprint density at radius 1 is 1.57 bits per heavy atom. The van der Waals surface area contributed by atoms with E-state index in [1.165, 1.54) is 12.3 Å². The van der Waals surface area contributed by atoms with Gasteiger partial charge in [0.2, 0.25) is 0 Å². The molecule has 1 aliphatic heterocycles. The molecule has 1 aromatic heterocycles. The molecule has 0 radical (unpaired) electrons. The lowest BCUT2D eigenvalue weighted by atomic mass is 9.76. The van der Waals surface area contributed by atoms with Crippen LogP contribution in [-0.4, -0.2) is 46.9 Å². The highest BCUT2D eigenvalue weighted by molar-refractivity contribution is 5.95. The van der Waals surface area contributed by atoms with Gasteiger partial charge in [-0.2, -0.15) is 0 Å². The molecule has 2 rings (SSSR count). The van der Waals surface area contributed by atoms with Crippen molar-refractivity contribution < 1.29 is 9.72 Å². The van der Waals surface area contributed by atoms with Crippen LogP contribution in [0.25, 0.3) is 0 Å². The number of nitrogens with zero attached hydrogens (tertiary/aromatic N) is 3. The maximum atomic E-state index is 12.4. The van der Waals surface area contributed by atoms with Crippen molar-refractivity contribution in [3.63, 3.8) is 0 Å². The van der Waals surface area contributed by atoms with Crippen molar-refractivity contribution in [2.45, 2.75) is 39.7 Å². The molecule has 0 spiro atoms. The van der Waals surface area contributed by atoms with Gasteiger partial charge in [0, 0.05) is 18.7 Å². The predicted octanol–water partition coefficient (Wildman–Crippen LogP) is 2.15. The summed E-state index contributed by atoms with van der Waals surface area (Å²) in [5, 5.41) is 13.8. The summed E-state index contributed by atoms with van der Waals surface area (Å²) in [5.41, 5.74) is 0.701. The van der Waals surface area contributed by atoms with Crippen LogP contribution in [0.1, 0.15) is 42.7 Å². The average molecular weight is 320 g/mol. The largest absolute Gasteiger partial charge is 0.350 e. The third kappa shape index (κ3) is 3.85. The van der Waals surface area contributed by atoms with Crippen LogP contribution in [0.2, 0.25) is 0 Å². The lowest BCUT2D eigenvalue weighted by molar-refractivity contribution is -0.385. The monoisotopic (exact) mass is 320 g/mol. The minimum absolute atomic E-state index is 0.121. The van der Waals surface area contributed by atoms with Gasteiger partial charge in [0.05, 0.1) is 16.2 Å². The number of aromatic nitrogens is 1. The Labute approximate surface area is 136 Å². The van der Waals surface area contributed by atoms with Crippen LogP contribution in [-0.2, 0) is 0 Å². The number of carbonyl (C=O) groups excluding carboxylic acids is 1. The Morgan fingerprint density at radius 3 is 2.87 bits per heavy atom. The lowest BCUT2D eigenvalue weighted by Crippen LogP contribution is -2.53. The molecule has 1 N–H and O–H groups in total. The molecular weight excluding hydrogens is 296 g/mol. The van der Waals surface area contributed by atoms with E-state index < -0.39 is 4.92 Å². The molecule has 1 atom stereocenters. The van der Waals surface area contributed by atoms with Gasteiger partial charge < -0.3 is 10.2 Å². The number of piperidine rings is 1. The van der Waals surface area contributed by atoms with Gasteiger partial charge in [-0.3, -0.25) is 19.9 Å². The summed E-state index contributed by atoms with van der Waals surface area (Å²) in [4.78, 5) is 28.9. The fourth-order valence-corrected chi connectivity index (χ4v) is 3.27. The number of nitro groups is 1. The van der Waals surface area contributed by atoms with Crippen molar-refractivity contribution in [1.29, 1.82) is 0 Å². The van der Waals surface area contributed by atoms with Crippen LogP contribution in [0.3, 0.4) is 0 Å². The van der Waals surface area contributed by atoms with E-state index in [1.54, 1.807) is 6.92 Å². The van der Waals surface area contributed by atoms with Gasteiger partial charge >= 0.3 is 0 Å². The van der Waals surface area contributed by atoms with Crippen molar-refractivity contribution in [2.24, 2.45) is 5.41 Å². The van der Waals surface area contributed by atoms with Crippen molar-refractivity contribution >= 4 is 11.6 Å². The molecule has 0 aromatic carbocycles. The third-order valence-corrected chi connectivity index (χ3v) is 4.75. The summed E-state index contributed by atoms with van der Waals surface area (Å²) in [6, 6.07) is 1.53. The second kappa shape index (κ2) is 6.62. The first-order valence-corrected chi connectivity index (χ1v) is 7.82. The number of likely N-dealkylation sites (tertiary alicyclic amines) is 1. The SMILES string of the molecule is Cc1ncc([N+](=O)[O-])cc1C(=O)NCC1N(C)CCCC1(C)C. The van der Waals surface area contributed by atoms with Crippen LogP contribution < -0.4 is 5.32 Å². The Morgan fingerprint density at radius 2 is 2.26 bits per heavy atom. The predicted molar refractivity (Wildman–Crippen MR) is 87.4 cm³/mol. The quantitative estimate of drug-likeness (QED) is 0.678. The van der Waals surface area contributed by atoms with Crippen molar-refractivity contribution in [1.82, 2.24) is 15.2 Å². The average Bonchev–Trinajstić information content (AvgIpc) is 2.46. The molecule has 7 nitrogen and oxygen atoms in total. The van der Waals surface area contributed by atoms with Crippen molar-refractivity contribution in [3.05, 3.63) is 33.6 Å². The number of rotatable bonds is 4. The van der Waals surface area contributed by atoms with Gasteiger partial charge in [-0.25, -0.2) is 0 Å². The zero-order valence-corrected chi connectivity index (χ0v) is 14.1. The van der Waals surface area contributed by atoms with Crippen molar-refractivity contribution in [2.75, 3.05) is 20.1 Å². The standard InChI is InChI=1S/C16H24N4O3/c1-11-13(8-12(9-17-11)20(22)23)15(21)18-10-14-16(2,3)6-5-7-19(14)4/h8-9,14H,5-7,10H2,1-4H3,(H,18,21). The van der Waals surface area contributed by atoms with E-state index in [0.29, 0.717) is 12.2 Å². The highest BCUT2D eigenvalue weighted by Gasteiger charge is 2.35. The van der Waals surface area contributed by atoms with E-state index >= 15 is 0 Å². The molecule has 1 aromatic rings. The minimum atomic E-state index is -0.540. The minimum Gasteiger partial charge on any atom is -0.350 e. The van der Waals surface area contributed by atoms with Gasteiger partial charge in [-0.05, 0) is 38.8 Å². The third-order valence-electron chi connectivity index (χ3n) is 4.75. The van der Waals surface area contributed by atoms with Gasteiger partial charge in [-0.15, -0.1) is 0 Å². The molecule has 0 aliphatic carbocycles. The summed E-state index contributed by atoms with van der Waals surface area (Å²) in [6.45, 7) is 7.63. The lowest BCUT2D eigenvalue weighted by Gasteiger charge is -2.45. The second-order valence-corrected chi connectivity index (χ2v) is 6.88. The number of carbonyl (C=O) groups is 1. The number of likely N-dealkylation sites (N-methyl/N-ethyl adjacent to an activating group) is 1.